The smallest absolute Gasteiger partial charge is 0.167 e. The third kappa shape index (κ3) is 1.65. The number of hydrogen-bond acceptors (Lipinski definition) is 2. The minimum atomic E-state index is -0.110. The Hall–Kier alpha value is -1.70. The quantitative estimate of drug-likeness (QED) is 0.720. The molecule has 3 atom stereocenters. The maximum absolute atomic E-state index is 13.0. The number of allylic oxidation sites excluding steroid dienone is 2. The van der Waals surface area contributed by atoms with Gasteiger partial charge in [0.2, 0.25) is 0 Å². The molecule has 2 heteroatoms. The second-order valence-corrected chi connectivity index (χ2v) is 7.13. The van der Waals surface area contributed by atoms with Gasteiger partial charge in [0.25, 0.3) is 0 Å². The highest BCUT2D eigenvalue weighted by atomic mass is 16.1. The van der Waals surface area contributed by atoms with Crippen LogP contribution in [0.5, 0.6) is 0 Å². The van der Waals surface area contributed by atoms with Gasteiger partial charge in [0.1, 0.15) is 0 Å². The fourth-order valence-electron chi connectivity index (χ4n) is 4.80. The standard InChI is InChI=1S/C19H20O2/c1-11-3-5-15-16(9-11)14-6-4-12-10-13(20)7-8-19(12,2)17(14)18(15)21/h3,5,9-10,14,17H,4,6-8H2,1-2H3/t14-,17-,19+/m1/s1. The molecule has 0 aromatic heterocycles. The van der Waals surface area contributed by atoms with E-state index in [0.717, 1.165) is 24.8 Å². The summed E-state index contributed by atoms with van der Waals surface area (Å²) in [5.74, 6) is 0.933. The van der Waals surface area contributed by atoms with Gasteiger partial charge in [-0.05, 0) is 49.2 Å². The molecular formula is C19H20O2. The minimum Gasteiger partial charge on any atom is -0.295 e. The molecule has 3 aliphatic rings. The van der Waals surface area contributed by atoms with Crippen molar-refractivity contribution in [3.8, 4) is 0 Å². The van der Waals surface area contributed by atoms with E-state index in [-0.39, 0.29) is 17.1 Å². The predicted octanol–water partition coefficient (Wildman–Crippen LogP) is 3.98. The van der Waals surface area contributed by atoms with Gasteiger partial charge in [-0.15, -0.1) is 0 Å². The Labute approximate surface area is 125 Å². The Balaban J connectivity index is 1.86. The molecule has 1 saturated carbocycles. The minimum absolute atomic E-state index is 0.0439. The van der Waals surface area contributed by atoms with Crippen LogP contribution in [0.2, 0.25) is 0 Å². The van der Waals surface area contributed by atoms with Crippen LogP contribution in [0, 0.1) is 18.3 Å². The fraction of sp³-hybridized carbons (Fsp3) is 0.474. The van der Waals surface area contributed by atoms with E-state index in [9.17, 15) is 9.59 Å². The number of benzene rings is 1. The molecule has 0 heterocycles. The van der Waals surface area contributed by atoms with Crippen LogP contribution in [0.15, 0.2) is 29.8 Å². The molecule has 0 radical (unpaired) electrons. The number of rotatable bonds is 0. The summed E-state index contributed by atoms with van der Waals surface area (Å²) in [5.41, 5.74) is 4.52. The molecule has 108 valence electrons. The lowest BCUT2D eigenvalue weighted by atomic mass is 9.56. The van der Waals surface area contributed by atoms with Crippen LogP contribution in [-0.4, -0.2) is 11.6 Å². The summed E-state index contributed by atoms with van der Waals surface area (Å²) < 4.78 is 0. The molecular weight excluding hydrogens is 260 g/mol. The molecule has 21 heavy (non-hydrogen) atoms. The van der Waals surface area contributed by atoms with Gasteiger partial charge in [-0.1, -0.05) is 36.3 Å². The monoisotopic (exact) mass is 280 g/mol. The lowest BCUT2D eigenvalue weighted by molar-refractivity contribution is -0.116. The zero-order valence-corrected chi connectivity index (χ0v) is 12.6. The van der Waals surface area contributed by atoms with Crippen molar-refractivity contribution in [2.45, 2.75) is 45.4 Å². The largest absolute Gasteiger partial charge is 0.295 e. The molecule has 0 amide bonds. The first-order valence-corrected chi connectivity index (χ1v) is 7.89. The van der Waals surface area contributed by atoms with Crippen molar-refractivity contribution in [1.29, 1.82) is 0 Å². The van der Waals surface area contributed by atoms with Gasteiger partial charge in [0, 0.05) is 17.9 Å². The molecule has 0 bridgehead atoms. The van der Waals surface area contributed by atoms with Crippen molar-refractivity contribution in [2.75, 3.05) is 0 Å². The zero-order valence-electron chi connectivity index (χ0n) is 12.6. The Kier molecular flexibility index (Phi) is 2.57. The van der Waals surface area contributed by atoms with Crippen LogP contribution >= 0.6 is 0 Å². The van der Waals surface area contributed by atoms with E-state index in [1.165, 1.54) is 16.7 Å². The van der Waals surface area contributed by atoms with Crippen LogP contribution in [-0.2, 0) is 4.79 Å². The number of carbonyl (C=O) groups is 2. The SMILES string of the molecule is Cc1ccc2c(c1)[C@H]1CCC3=CC(=O)CC[C@]3(C)[C@H]1C2=O. The summed E-state index contributed by atoms with van der Waals surface area (Å²) in [6.07, 6.45) is 5.22. The van der Waals surface area contributed by atoms with Crippen molar-refractivity contribution in [2.24, 2.45) is 11.3 Å². The maximum atomic E-state index is 13.0. The van der Waals surface area contributed by atoms with E-state index in [4.69, 9.17) is 0 Å². The first kappa shape index (κ1) is 13.0. The normalized spacial score (nSPS) is 34.1. The van der Waals surface area contributed by atoms with Crippen LogP contribution in [0.4, 0.5) is 0 Å². The highest BCUT2D eigenvalue weighted by molar-refractivity contribution is 6.04. The second-order valence-electron chi connectivity index (χ2n) is 7.13. The van der Waals surface area contributed by atoms with Crippen molar-refractivity contribution in [3.63, 3.8) is 0 Å². The first-order chi connectivity index (χ1) is 10.0. The predicted molar refractivity (Wildman–Crippen MR) is 81.4 cm³/mol. The van der Waals surface area contributed by atoms with Gasteiger partial charge in [-0.2, -0.15) is 0 Å². The third-order valence-corrected chi connectivity index (χ3v) is 5.93. The van der Waals surface area contributed by atoms with Crippen molar-refractivity contribution < 1.29 is 9.59 Å². The van der Waals surface area contributed by atoms with E-state index in [1.807, 2.05) is 18.2 Å². The average molecular weight is 280 g/mol. The van der Waals surface area contributed by atoms with E-state index in [0.29, 0.717) is 18.1 Å². The lowest BCUT2D eigenvalue weighted by Crippen LogP contribution is -2.41. The number of fused-ring (bicyclic) bond motifs is 5. The van der Waals surface area contributed by atoms with Crippen LogP contribution in [0.3, 0.4) is 0 Å². The van der Waals surface area contributed by atoms with Gasteiger partial charge < -0.3 is 0 Å². The molecule has 3 aliphatic carbocycles. The highest BCUT2D eigenvalue weighted by Gasteiger charge is 2.54. The van der Waals surface area contributed by atoms with Gasteiger partial charge in [-0.3, -0.25) is 9.59 Å². The van der Waals surface area contributed by atoms with Crippen LogP contribution in [0.25, 0.3) is 0 Å². The Bertz CT molecular complexity index is 698. The number of Topliss-reactive ketones (excluding diaryl/α,β-unsaturated/α-hetero) is 1. The molecule has 1 aromatic rings. The number of hydrogen-bond donors (Lipinski definition) is 0. The Morgan fingerprint density at radius 2 is 2.00 bits per heavy atom. The molecule has 0 unspecified atom stereocenters. The summed E-state index contributed by atoms with van der Waals surface area (Å²) in [7, 11) is 0. The van der Waals surface area contributed by atoms with Crippen LogP contribution < -0.4 is 0 Å². The molecule has 0 saturated heterocycles. The van der Waals surface area contributed by atoms with Crippen molar-refractivity contribution >= 4 is 11.6 Å². The highest BCUT2D eigenvalue weighted by Crippen LogP contribution is 2.59. The van der Waals surface area contributed by atoms with Gasteiger partial charge in [-0.25, -0.2) is 0 Å². The van der Waals surface area contributed by atoms with E-state index in [2.05, 4.69) is 19.9 Å². The summed E-state index contributed by atoms with van der Waals surface area (Å²) in [5, 5.41) is 0. The van der Waals surface area contributed by atoms with Crippen molar-refractivity contribution in [3.05, 3.63) is 46.5 Å². The van der Waals surface area contributed by atoms with Gasteiger partial charge >= 0.3 is 0 Å². The molecule has 2 nitrogen and oxygen atoms in total. The summed E-state index contributed by atoms with van der Waals surface area (Å²) in [4.78, 5) is 24.7. The molecule has 0 spiro atoms. The van der Waals surface area contributed by atoms with Gasteiger partial charge in [0.05, 0.1) is 0 Å². The van der Waals surface area contributed by atoms with Crippen LogP contribution in [0.1, 0.15) is 60.0 Å². The molecule has 1 aromatic carbocycles. The van der Waals surface area contributed by atoms with E-state index in [1.54, 1.807) is 0 Å². The summed E-state index contributed by atoms with van der Waals surface area (Å²) >= 11 is 0. The number of carbonyl (C=O) groups excluding carboxylic acids is 2. The maximum Gasteiger partial charge on any atom is 0.167 e. The number of aryl methyl sites for hydroxylation is 1. The molecule has 4 rings (SSSR count). The summed E-state index contributed by atoms with van der Waals surface area (Å²) in [6, 6.07) is 6.24. The second kappa shape index (κ2) is 4.16. The van der Waals surface area contributed by atoms with E-state index >= 15 is 0 Å². The third-order valence-electron chi connectivity index (χ3n) is 5.93. The topological polar surface area (TPSA) is 34.1 Å². The molecule has 0 aliphatic heterocycles. The average Bonchev–Trinajstić information content (AvgIpc) is 2.73. The Morgan fingerprint density at radius 3 is 2.81 bits per heavy atom. The molecule has 0 N–H and O–H groups in total. The van der Waals surface area contributed by atoms with Gasteiger partial charge in [0.15, 0.2) is 11.6 Å². The number of ketones is 2. The van der Waals surface area contributed by atoms with E-state index < -0.39 is 0 Å². The molecule has 1 fully saturated rings. The van der Waals surface area contributed by atoms with Crippen molar-refractivity contribution in [1.82, 2.24) is 0 Å². The summed E-state index contributed by atoms with van der Waals surface area (Å²) in [6.45, 7) is 4.30. The fourth-order valence-corrected chi connectivity index (χ4v) is 4.80. The lowest BCUT2D eigenvalue weighted by Gasteiger charge is -2.46. The first-order valence-electron chi connectivity index (χ1n) is 7.89. The zero-order chi connectivity index (χ0) is 14.8. The Morgan fingerprint density at radius 1 is 1.19 bits per heavy atom.